The smallest absolute Gasteiger partial charge is 0.109 e. The van der Waals surface area contributed by atoms with Crippen molar-refractivity contribution in [2.75, 3.05) is 0 Å². The molecule has 0 unspecified atom stereocenters. The molecule has 0 amide bonds. The fraction of sp³-hybridized carbons (Fsp3) is 0.0192. The summed E-state index contributed by atoms with van der Waals surface area (Å²) in [7, 11) is 0. The van der Waals surface area contributed by atoms with Gasteiger partial charge in [-0.25, -0.2) is 9.97 Å². The number of para-hydroxylation sites is 4. The zero-order valence-corrected chi connectivity index (χ0v) is 59.7. The minimum atomic E-state index is -0.495. The molecule has 17 aromatic carbocycles. The highest BCUT2D eigenvalue weighted by Gasteiger charge is 2.54. The summed E-state index contributed by atoms with van der Waals surface area (Å²) in [5.41, 5.74) is 37.0. The van der Waals surface area contributed by atoms with E-state index < -0.39 is 10.8 Å². The van der Waals surface area contributed by atoms with Crippen molar-refractivity contribution in [3.05, 3.63) is 408 Å². The molecule has 4 heterocycles. The molecule has 502 valence electrons. The summed E-state index contributed by atoms with van der Waals surface area (Å²) in [5.74, 6) is 0. The molecule has 5 heteroatoms. The second-order valence-corrected chi connectivity index (χ2v) is 31.0. The zero-order valence-electron chi connectivity index (χ0n) is 58.8. The van der Waals surface area contributed by atoms with Crippen molar-refractivity contribution < 1.29 is 0 Å². The molecule has 0 atom stereocenters. The first-order valence-corrected chi connectivity index (χ1v) is 38.6. The van der Waals surface area contributed by atoms with Gasteiger partial charge >= 0.3 is 0 Å². The first kappa shape index (κ1) is 59.4. The Bertz CT molecular complexity index is 7080. The third-order valence-corrected chi connectivity index (χ3v) is 26.2. The van der Waals surface area contributed by atoms with Crippen molar-refractivity contribution in [3.8, 4) is 99.0 Å². The third kappa shape index (κ3) is 7.71. The number of aromatic nitrogens is 4. The summed E-state index contributed by atoms with van der Waals surface area (Å²) in [5, 5.41) is 9.18. The van der Waals surface area contributed by atoms with Gasteiger partial charge in [-0.05, 0) is 194 Å². The second kappa shape index (κ2) is 21.9. The molecule has 4 nitrogen and oxygen atoms in total. The van der Waals surface area contributed by atoms with Crippen molar-refractivity contribution in [1.82, 2.24) is 19.1 Å². The number of nitrogens with zero attached hydrogens (tertiary/aromatic N) is 4. The van der Waals surface area contributed by atoms with E-state index >= 15 is 0 Å². The van der Waals surface area contributed by atoms with Gasteiger partial charge in [-0.3, -0.25) is 0 Å². The predicted octanol–water partition coefficient (Wildman–Crippen LogP) is 26.7. The van der Waals surface area contributed by atoms with Crippen LogP contribution in [0.5, 0.6) is 0 Å². The quantitative estimate of drug-likeness (QED) is 0.156. The molecule has 0 saturated carbocycles. The molecule has 0 aliphatic heterocycles. The molecule has 25 rings (SSSR count). The molecule has 0 saturated heterocycles. The highest BCUT2D eigenvalue weighted by Crippen LogP contribution is 2.66. The van der Waals surface area contributed by atoms with Gasteiger partial charge in [0.05, 0.1) is 53.7 Å². The summed E-state index contributed by atoms with van der Waals surface area (Å²) in [6, 6.07) is 137. The summed E-state index contributed by atoms with van der Waals surface area (Å²) in [4.78, 5) is 14.8. The van der Waals surface area contributed by atoms with Crippen molar-refractivity contribution in [1.29, 1.82) is 0 Å². The summed E-state index contributed by atoms with van der Waals surface area (Å²) in [6.45, 7) is 0. The molecule has 0 radical (unpaired) electrons. The van der Waals surface area contributed by atoms with Crippen molar-refractivity contribution in [2.24, 2.45) is 0 Å². The number of hydrogen-bond acceptors (Lipinski definition) is 3. The maximum Gasteiger partial charge on any atom is 0.109 e. The second-order valence-electron chi connectivity index (χ2n) is 30.0. The normalized spacial score (nSPS) is 13.7. The van der Waals surface area contributed by atoms with E-state index in [-0.39, 0.29) is 0 Å². The molecule has 0 fully saturated rings. The summed E-state index contributed by atoms with van der Waals surface area (Å²) >= 11 is 1.80. The SMILES string of the molecule is c1ccc(-n2c3ccccc3c3ccc(-c4sc(-c5ccc6c7ccccc7n(-c7ccccc7)c6c5)c5nc6c7cc(-c8cccc9c8-c8ccccc8C98c9ccccc9-c9ccccc98)ccc7c7ccc(-c8cccc9c8-c8ccccc8C98c9ccccc9-c9ccccc98)cc7c6nc45)cc32)cc1. The molecule has 0 N–H and O–H groups in total. The Morgan fingerprint density at radius 3 is 0.908 bits per heavy atom. The molecule has 4 aliphatic carbocycles. The van der Waals surface area contributed by atoms with Gasteiger partial charge in [-0.1, -0.05) is 303 Å². The number of fused-ring (bicyclic) bond motifs is 33. The van der Waals surface area contributed by atoms with Gasteiger partial charge in [0.1, 0.15) is 11.0 Å². The molecule has 0 bridgehead atoms. The van der Waals surface area contributed by atoms with E-state index in [1.807, 2.05) is 0 Å². The van der Waals surface area contributed by atoms with Crippen molar-refractivity contribution in [2.45, 2.75) is 10.8 Å². The van der Waals surface area contributed by atoms with E-state index in [0.717, 1.165) is 109 Å². The number of hydrogen-bond donors (Lipinski definition) is 0. The van der Waals surface area contributed by atoms with Crippen molar-refractivity contribution in [3.63, 3.8) is 0 Å². The van der Waals surface area contributed by atoms with E-state index in [1.165, 1.54) is 122 Å². The molecule has 21 aromatic rings. The van der Waals surface area contributed by atoms with Gasteiger partial charge in [0.2, 0.25) is 0 Å². The molecular weight excluding hydrogens is 1340 g/mol. The van der Waals surface area contributed by atoms with Gasteiger partial charge in [0.25, 0.3) is 0 Å². The van der Waals surface area contributed by atoms with Crippen LogP contribution in [0.25, 0.3) is 186 Å². The lowest BCUT2D eigenvalue weighted by atomic mass is 9.70. The molecule has 109 heavy (non-hydrogen) atoms. The molecular formula is C104H60N4S. The largest absolute Gasteiger partial charge is 0.309 e. The molecule has 4 aliphatic rings. The van der Waals surface area contributed by atoms with Gasteiger partial charge in [-0.15, -0.1) is 11.3 Å². The van der Waals surface area contributed by atoms with Crippen LogP contribution in [-0.2, 0) is 10.8 Å². The Morgan fingerprint density at radius 1 is 0.202 bits per heavy atom. The summed E-state index contributed by atoms with van der Waals surface area (Å²) in [6.07, 6.45) is 0. The fourth-order valence-electron chi connectivity index (χ4n) is 20.7. The minimum absolute atomic E-state index is 0.495. The Hall–Kier alpha value is -13.8. The first-order valence-electron chi connectivity index (χ1n) is 37.8. The monoisotopic (exact) mass is 1400 g/mol. The Kier molecular flexibility index (Phi) is 11.9. The topological polar surface area (TPSA) is 35.6 Å². The van der Waals surface area contributed by atoms with Crippen LogP contribution in [0.1, 0.15) is 44.5 Å². The highest BCUT2D eigenvalue weighted by atomic mass is 32.1. The molecule has 4 aromatic heterocycles. The van der Waals surface area contributed by atoms with Gasteiger partial charge in [0, 0.05) is 43.7 Å². The standard InChI is InChI=1S/C104H60N4S/c1-3-25-65(26-4-1)107-91-47-21-13-33-75(91)77-55-51-63(59-93(77)107)101-99-100(102(109-101)64-52-56-78-76-34-14-22-48-92(76)108(94(78)60-64)66-27-5-2-6-28-66)106-98-82-58-62(68-38-24-46-90-96(68)80-36-12-20-44-88(80)104(90)85-41-17-9-31-73(85)74-32-10-18-42-86(74)104)50-54-70(82)69-53-49-61(57-81(69)97(98)105-99)67-37-23-45-89-95(67)79-35-11-19-43-87(79)103(89)83-39-15-7-29-71(83)72-30-8-16-40-84(72)103/h1-60H. The average Bonchev–Trinajstić information content (AvgIpc) is 1.50. The summed E-state index contributed by atoms with van der Waals surface area (Å²) < 4.78 is 4.86. The number of benzene rings is 17. The minimum Gasteiger partial charge on any atom is -0.309 e. The Labute approximate surface area is 631 Å². The number of rotatable bonds is 6. The maximum atomic E-state index is 6.31. The lowest BCUT2D eigenvalue weighted by Gasteiger charge is -2.30. The number of thiophene rings is 1. The zero-order chi connectivity index (χ0) is 71.0. The van der Waals surface area contributed by atoms with Crippen LogP contribution in [0.4, 0.5) is 0 Å². The van der Waals surface area contributed by atoms with Gasteiger partial charge in [-0.2, -0.15) is 0 Å². The van der Waals surface area contributed by atoms with E-state index in [0.29, 0.717) is 0 Å². The van der Waals surface area contributed by atoms with Crippen LogP contribution in [-0.4, -0.2) is 19.1 Å². The van der Waals surface area contributed by atoms with Crippen LogP contribution >= 0.6 is 11.3 Å². The van der Waals surface area contributed by atoms with Crippen LogP contribution in [0.2, 0.25) is 0 Å². The van der Waals surface area contributed by atoms with Crippen molar-refractivity contribution >= 4 is 98.6 Å². The highest BCUT2D eigenvalue weighted by molar-refractivity contribution is 7.21. The van der Waals surface area contributed by atoms with E-state index in [4.69, 9.17) is 9.97 Å². The third-order valence-electron chi connectivity index (χ3n) is 24.9. The lowest BCUT2D eigenvalue weighted by Crippen LogP contribution is -2.25. The first-order chi connectivity index (χ1) is 54.1. The Balaban J connectivity index is 0.786. The van der Waals surface area contributed by atoms with E-state index in [2.05, 4.69) is 373 Å². The van der Waals surface area contributed by atoms with Crippen LogP contribution < -0.4 is 0 Å². The average molecular weight is 1400 g/mol. The van der Waals surface area contributed by atoms with Crippen LogP contribution in [0.3, 0.4) is 0 Å². The maximum absolute atomic E-state index is 6.31. The Morgan fingerprint density at radius 2 is 0.505 bits per heavy atom. The van der Waals surface area contributed by atoms with Gasteiger partial charge < -0.3 is 9.13 Å². The fourth-order valence-corrected chi connectivity index (χ4v) is 21.9. The van der Waals surface area contributed by atoms with Gasteiger partial charge in [0.15, 0.2) is 0 Å². The van der Waals surface area contributed by atoms with E-state index in [1.54, 1.807) is 11.3 Å². The predicted molar refractivity (Wildman–Crippen MR) is 453 cm³/mol. The molecule has 2 spiro atoms. The lowest BCUT2D eigenvalue weighted by molar-refractivity contribution is 0.794. The van der Waals surface area contributed by atoms with E-state index in [9.17, 15) is 0 Å². The van der Waals surface area contributed by atoms with Crippen LogP contribution in [0.15, 0.2) is 364 Å². The van der Waals surface area contributed by atoms with Crippen LogP contribution in [0, 0.1) is 0 Å².